The molecule has 16 heavy (non-hydrogen) atoms. The molecule has 0 bridgehead atoms. The number of rotatable bonds is 1. The third kappa shape index (κ3) is 1.80. The van der Waals surface area contributed by atoms with Gasteiger partial charge in [-0.25, -0.2) is 4.39 Å². The van der Waals surface area contributed by atoms with E-state index >= 15 is 0 Å². The molecule has 1 aromatic rings. The second-order valence-electron chi connectivity index (χ2n) is 3.99. The van der Waals surface area contributed by atoms with E-state index in [1.54, 1.807) is 11.0 Å². The highest BCUT2D eigenvalue weighted by Gasteiger charge is 2.28. The number of nitrogens with zero attached hydrogens (tertiary/aromatic N) is 1. The Morgan fingerprint density at radius 3 is 2.81 bits per heavy atom. The summed E-state index contributed by atoms with van der Waals surface area (Å²) in [5, 5.41) is 2.81. The average Bonchev–Trinajstić information content (AvgIpc) is 2.15. The quantitative estimate of drug-likeness (QED) is 0.861. The van der Waals surface area contributed by atoms with Gasteiger partial charge in [-0.3, -0.25) is 4.79 Å². The first-order valence-corrected chi connectivity index (χ1v) is 5.85. The van der Waals surface area contributed by atoms with Gasteiger partial charge in [-0.05, 0) is 26.0 Å². The minimum atomic E-state index is -0.345. The molecule has 0 unspecified atom stereocenters. The maximum atomic E-state index is 13.7. The van der Waals surface area contributed by atoms with Crippen LogP contribution in [-0.2, 0) is 4.79 Å². The fourth-order valence-corrected chi connectivity index (χ4v) is 2.29. The van der Waals surface area contributed by atoms with Crippen molar-refractivity contribution in [1.29, 1.82) is 0 Å². The fourth-order valence-electron chi connectivity index (χ4n) is 1.87. The van der Waals surface area contributed by atoms with E-state index in [-0.39, 0.29) is 24.3 Å². The highest BCUT2D eigenvalue weighted by molar-refractivity contribution is 9.10. The molecular weight excluding hydrogens is 275 g/mol. The third-order valence-electron chi connectivity index (χ3n) is 2.50. The van der Waals surface area contributed by atoms with Gasteiger partial charge in [0.1, 0.15) is 5.82 Å². The van der Waals surface area contributed by atoms with E-state index in [4.69, 9.17) is 0 Å². The van der Waals surface area contributed by atoms with Crippen molar-refractivity contribution < 1.29 is 9.18 Å². The van der Waals surface area contributed by atoms with Crippen LogP contribution in [0.3, 0.4) is 0 Å². The fraction of sp³-hybridized carbons (Fsp3) is 0.364. The van der Waals surface area contributed by atoms with Crippen molar-refractivity contribution >= 4 is 33.2 Å². The van der Waals surface area contributed by atoms with Gasteiger partial charge in [0, 0.05) is 10.5 Å². The van der Waals surface area contributed by atoms with Crippen LogP contribution in [0.15, 0.2) is 16.6 Å². The van der Waals surface area contributed by atoms with Crippen LogP contribution in [-0.4, -0.2) is 18.5 Å². The van der Waals surface area contributed by atoms with Gasteiger partial charge in [0.15, 0.2) is 0 Å². The molecule has 0 radical (unpaired) electrons. The number of hydrogen-bond acceptors (Lipinski definition) is 2. The molecule has 0 atom stereocenters. The minimum Gasteiger partial charge on any atom is -0.372 e. The maximum absolute atomic E-state index is 13.7. The van der Waals surface area contributed by atoms with Crippen LogP contribution in [0, 0.1) is 5.82 Å². The van der Waals surface area contributed by atoms with Crippen LogP contribution >= 0.6 is 15.9 Å². The van der Waals surface area contributed by atoms with E-state index in [9.17, 15) is 9.18 Å². The van der Waals surface area contributed by atoms with Crippen LogP contribution in [0.1, 0.15) is 13.8 Å². The molecule has 1 aliphatic heterocycles. The van der Waals surface area contributed by atoms with Gasteiger partial charge >= 0.3 is 0 Å². The molecular formula is C11H12BrFN2O. The second-order valence-corrected chi connectivity index (χ2v) is 4.91. The highest BCUT2D eigenvalue weighted by atomic mass is 79.9. The zero-order chi connectivity index (χ0) is 11.9. The number of hydrogen-bond donors (Lipinski definition) is 1. The van der Waals surface area contributed by atoms with Crippen molar-refractivity contribution in [2.45, 2.75) is 19.9 Å². The summed E-state index contributed by atoms with van der Waals surface area (Å²) in [6.07, 6.45) is 0. The lowest BCUT2D eigenvalue weighted by Crippen LogP contribution is -2.44. The van der Waals surface area contributed by atoms with Crippen LogP contribution in [0.4, 0.5) is 15.8 Å². The molecule has 0 aromatic heterocycles. The lowest BCUT2D eigenvalue weighted by atomic mass is 10.1. The first-order chi connectivity index (χ1) is 7.50. The molecule has 0 spiro atoms. The molecule has 3 nitrogen and oxygen atoms in total. The predicted octanol–water partition coefficient (Wildman–Crippen LogP) is 2.76. The molecule has 5 heteroatoms. The lowest BCUT2D eigenvalue weighted by Gasteiger charge is -2.33. The summed E-state index contributed by atoms with van der Waals surface area (Å²) in [5.74, 6) is -0.387. The van der Waals surface area contributed by atoms with Crippen molar-refractivity contribution in [1.82, 2.24) is 0 Å². The molecule has 1 amide bonds. The van der Waals surface area contributed by atoms with Crippen LogP contribution in [0.5, 0.6) is 0 Å². The Labute approximate surface area is 102 Å². The van der Waals surface area contributed by atoms with Gasteiger partial charge < -0.3 is 10.2 Å². The van der Waals surface area contributed by atoms with Crippen molar-refractivity contribution in [3.8, 4) is 0 Å². The van der Waals surface area contributed by atoms with Gasteiger partial charge in [0.2, 0.25) is 5.91 Å². The molecule has 0 fully saturated rings. The minimum absolute atomic E-state index is 0.0158. The van der Waals surface area contributed by atoms with E-state index < -0.39 is 0 Å². The summed E-state index contributed by atoms with van der Waals surface area (Å²) in [5.41, 5.74) is 0.995. The SMILES string of the molecule is CC(C)N1C(=O)CNc2c(F)cc(Br)cc21. The maximum Gasteiger partial charge on any atom is 0.246 e. The zero-order valence-electron chi connectivity index (χ0n) is 9.05. The summed E-state index contributed by atoms with van der Waals surface area (Å²) in [6.45, 7) is 3.96. The Morgan fingerprint density at radius 1 is 1.50 bits per heavy atom. The van der Waals surface area contributed by atoms with Gasteiger partial charge in [0.25, 0.3) is 0 Å². The Balaban J connectivity index is 2.58. The van der Waals surface area contributed by atoms with Gasteiger partial charge in [0.05, 0.1) is 17.9 Å². The summed E-state index contributed by atoms with van der Waals surface area (Å²) in [6, 6.07) is 3.16. The summed E-state index contributed by atoms with van der Waals surface area (Å²) in [7, 11) is 0. The normalized spacial score (nSPS) is 15.1. The molecule has 2 rings (SSSR count). The van der Waals surface area contributed by atoms with Gasteiger partial charge in [-0.1, -0.05) is 15.9 Å². The van der Waals surface area contributed by atoms with Crippen LogP contribution in [0.2, 0.25) is 0 Å². The number of benzene rings is 1. The van der Waals surface area contributed by atoms with Gasteiger partial charge in [-0.2, -0.15) is 0 Å². The molecule has 0 saturated heterocycles. The Hall–Kier alpha value is -1.10. The monoisotopic (exact) mass is 286 g/mol. The summed E-state index contributed by atoms with van der Waals surface area (Å²) >= 11 is 3.23. The number of halogens is 2. The van der Waals surface area contributed by atoms with Gasteiger partial charge in [-0.15, -0.1) is 0 Å². The zero-order valence-corrected chi connectivity index (χ0v) is 10.6. The molecule has 0 aliphatic carbocycles. The van der Waals surface area contributed by atoms with E-state index in [1.165, 1.54) is 6.07 Å². The number of anilines is 2. The number of fused-ring (bicyclic) bond motifs is 1. The van der Waals surface area contributed by atoms with Crippen LogP contribution in [0.25, 0.3) is 0 Å². The topological polar surface area (TPSA) is 32.3 Å². The predicted molar refractivity (Wildman–Crippen MR) is 65.2 cm³/mol. The Kier molecular flexibility index (Phi) is 2.88. The summed E-state index contributed by atoms with van der Waals surface area (Å²) in [4.78, 5) is 13.4. The smallest absolute Gasteiger partial charge is 0.246 e. The average molecular weight is 287 g/mol. The third-order valence-corrected chi connectivity index (χ3v) is 2.95. The van der Waals surface area contributed by atoms with E-state index in [2.05, 4.69) is 21.2 Å². The lowest BCUT2D eigenvalue weighted by molar-refractivity contribution is -0.117. The van der Waals surface area contributed by atoms with Crippen molar-refractivity contribution in [2.24, 2.45) is 0 Å². The standard InChI is InChI=1S/C11H12BrFN2O/c1-6(2)15-9-4-7(12)3-8(13)11(9)14-5-10(15)16/h3-4,6,14H,5H2,1-2H3. The number of amides is 1. The molecule has 1 N–H and O–H groups in total. The van der Waals surface area contributed by atoms with E-state index in [0.717, 1.165) is 0 Å². The summed E-state index contributed by atoms with van der Waals surface area (Å²) < 4.78 is 14.3. The first-order valence-electron chi connectivity index (χ1n) is 5.05. The molecule has 1 aromatic carbocycles. The molecule has 0 saturated carbocycles. The highest BCUT2D eigenvalue weighted by Crippen LogP contribution is 2.35. The number of nitrogens with one attached hydrogen (secondary N) is 1. The Bertz CT molecular complexity index is 448. The van der Waals surface area contributed by atoms with E-state index in [1.807, 2.05) is 13.8 Å². The molecule has 86 valence electrons. The number of carbonyl (C=O) groups is 1. The van der Waals surface area contributed by atoms with Crippen molar-refractivity contribution in [3.63, 3.8) is 0 Å². The van der Waals surface area contributed by atoms with Crippen LogP contribution < -0.4 is 10.2 Å². The second kappa shape index (κ2) is 4.05. The van der Waals surface area contributed by atoms with Crippen molar-refractivity contribution in [3.05, 3.63) is 22.4 Å². The number of carbonyl (C=O) groups excluding carboxylic acids is 1. The molecule has 1 aliphatic rings. The molecule has 1 heterocycles. The van der Waals surface area contributed by atoms with E-state index in [0.29, 0.717) is 15.8 Å². The first kappa shape index (κ1) is 11.4. The Morgan fingerprint density at radius 2 is 2.19 bits per heavy atom. The largest absolute Gasteiger partial charge is 0.372 e. The van der Waals surface area contributed by atoms with Crippen molar-refractivity contribution in [2.75, 3.05) is 16.8 Å².